The summed E-state index contributed by atoms with van der Waals surface area (Å²) >= 11 is 5.80. The summed E-state index contributed by atoms with van der Waals surface area (Å²) < 4.78 is 42.3. The fourth-order valence-corrected chi connectivity index (χ4v) is 1.97. The number of likely N-dealkylation sites (N-methyl/N-ethyl adjacent to an activating group) is 1. The van der Waals surface area contributed by atoms with Gasteiger partial charge in [-0.05, 0) is 38.2 Å². The Balaban J connectivity index is 2.08. The van der Waals surface area contributed by atoms with Gasteiger partial charge in [-0.1, -0.05) is 16.8 Å². The third-order valence-corrected chi connectivity index (χ3v) is 3.65. The average molecular weight is 350 g/mol. The van der Waals surface area contributed by atoms with Crippen LogP contribution in [0.2, 0.25) is 5.02 Å². The van der Waals surface area contributed by atoms with E-state index in [4.69, 9.17) is 21.2 Å². The monoisotopic (exact) mass is 349 g/mol. The molecule has 1 aromatic carbocycles. The minimum absolute atomic E-state index is 0.159. The highest BCUT2D eigenvalue weighted by molar-refractivity contribution is 6.30. The molecule has 0 aliphatic heterocycles. The first-order valence-corrected chi connectivity index (χ1v) is 7.11. The van der Waals surface area contributed by atoms with Crippen LogP contribution >= 0.6 is 11.6 Å². The van der Waals surface area contributed by atoms with Gasteiger partial charge in [-0.15, -0.1) is 0 Å². The zero-order valence-corrected chi connectivity index (χ0v) is 13.1. The molecule has 0 aliphatic carbocycles. The molecule has 0 bridgehead atoms. The number of halogens is 4. The third kappa shape index (κ3) is 4.43. The van der Waals surface area contributed by atoms with Crippen LogP contribution in [0, 0.1) is 0 Å². The van der Waals surface area contributed by atoms with Gasteiger partial charge in [0.25, 0.3) is 0 Å². The Bertz CT molecular complexity index is 645. The molecule has 23 heavy (non-hydrogen) atoms. The van der Waals surface area contributed by atoms with Crippen LogP contribution in [-0.2, 0) is 0 Å². The maximum Gasteiger partial charge on any atom is 0.415 e. The Labute approximate surface area is 135 Å². The van der Waals surface area contributed by atoms with Gasteiger partial charge in [0.1, 0.15) is 0 Å². The van der Waals surface area contributed by atoms with E-state index >= 15 is 0 Å². The zero-order valence-electron chi connectivity index (χ0n) is 12.4. The number of aromatic nitrogens is 2. The van der Waals surface area contributed by atoms with Crippen molar-refractivity contribution < 1.29 is 22.8 Å². The van der Waals surface area contributed by atoms with Crippen molar-refractivity contribution in [2.45, 2.75) is 25.2 Å². The van der Waals surface area contributed by atoms with Gasteiger partial charge in [0.05, 0.1) is 6.04 Å². The summed E-state index contributed by atoms with van der Waals surface area (Å²) in [6.07, 6.45) is -7.11. The molecule has 1 heterocycles. The molecule has 0 saturated heterocycles. The van der Waals surface area contributed by atoms with E-state index in [1.807, 2.05) is 0 Å². The summed E-state index contributed by atoms with van der Waals surface area (Å²) in [5.41, 5.74) is 0.676. The Morgan fingerprint density at radius 3 is 2.48 bits per heavy atom. The minimum atomic E-state index is -4.67. The van der Waals surface area contributed by atoms with Crippen LogP contribution in [0.4, 0.5) is 13.2 Å². The smallest absolute Gasteiger partial charge is 0.382 e. The van der Waals surface area contributed by atoms with Crippen LogP contribution in [0.1, 0.15) is 18.9 Å². The second kappa shape index (κ2) is 6.86. The number of aliphatic hydroxyl groups excluding tert-OH is 1. The highest BCUT2D eigenvalue weighted by Crippen LogP contribution is 2.25. The zero-order chi connectivity index (χ0) is 17.2. The second-order valence-electron chi connectivity index (χ2n) is 5.14. The van der Waals surface area contributed by atoms with E-state index in [0.717, 1.165) is 0 Å². The molecule has 9 heteroatoms. The molecular formula is C14H15ClF3N3O2. The first-order chi connectivity index (χ1) is 10.7. The molecular weight excluding hydrogens is 335 g/mol. The van der Waals surface area contributed by atoms with Gasteiger partial charge in [0, 0.05) is 17.1 Å². The van der Waals surface area contributed by atoms with Crippen LogP contribution in [0.25, 0.3) is 11.4 Å². The van der Waals surface area contributed by atoms with Crippen molar-refractivity contribution >= 4 is 11.6 Å². The van der Waals surface area contributed by atoms with Gasteiger partial charge < -0.3 is 9.63 Å². The molecule has 0 spiro atoms. The van der Waals surface area contributed by atoms with Crippen LogP contribution in [-0.4, -0.2) is 46.0 Å². The lowest BCUT2D eigenvalue weighted by atomic mass is 10.2. The van der Waals surface area contributed by atoms with Crippen molar-refractivity contribution in [1.82, 2.24) is 15.0 Å². The second-order valence-corrected chi connectivity index (χ2v) is 5.57. The predicted molar refractivity (Wildman–Crippen MR) is 77.9 cm³/mol. The minimum Gasteiger partial charge on any atom is -0.382 e. The largest absolute Gasteiger partial charge is 0.415 e. The van der Waals surface area contributed by atoms with Crippen molar-refractivity contribution in [1.29, 1.82) is 0 Å². The number of nitrogens with zero attached hydrogens (tertiary/aromatic N) is 3. The van der Waals surface area contributed by atoms with E-state index in [1.165, 1.54) is 11.9 Å². The first kappa shape index (κ1) is 17.7. The van der Waals surface area contributed by atoms with E-state index in [9.17, 15) is 13.2 Å². The number of hydrogen-bond donors (Lipinski definition) is 1. The van der Waals surface area contributed by atoms with Gasteiger partial charge in [-0.2, -0.15) is 18.2 Å². The Morgan fingerprint density at radius 1 is 1.30 bits per heavy atom. The maximum absolute atomic E-state index is 12.4. The maximum atomic E-state index is 12.4. The molecule has 0 radical (unpaired) electrons. The van der Waals surface area contributed by atoms with Crippen molar-refractivity contribution in [2.24, 2.45) is 0 Å². The van der Waals surface area contributed by atoms with E-state index in [1.54, 1.807) is 31.2 Å². The third-order valence-electron chi connectivity index (χ3n) is 3.40. The topological polar surface area (TPSA) is 62.4 Å². The molecule has 2 rings (SSSR count). The fourth-order valence-electron chi connectivity index (χ4n) is 1.84. The van der Waals surface area contributed by atoms with E-state index in [0.29, 0.717) is 16.4 Å². The molecule has 0 fully saturated rings. The summed E-state index contributed by atoms with van der Waals surface area (Å²) in [6, 6.07) is 6.17. The van der Waals surface area contributed by atoms with Crippen molar-refractivity contribution in [3.63, 3.8) is 0 Å². The summed E-state index contributed by atoms with van der Waals surface area (Å²) in [5.74, 6) is 0.472. The highest BCUT2D eigenvalue weighted by Gasteiger charge is 2.39. The molecule has 0 saturated carbocycles. The number of alkyl halides is 3. The highest BCUT2D eigenvalue weighted by atomic mass is 35.5. The summed E-state index contributed by atoms with van der Waals surface area (Å²) in [4.78, 5) is 5.46. The SMILES string of the molecule is CC(c1nc(-c2ccc(Cl)cc2)no1)N(C)CC(O)C(F)(F)F. The molecule has 1 N–H and O–H groups in total. The Morgan fingerprint density at radius 2 is 1.91 bits per heavy atom. The number of rotatable bonds is 5. The first-order valence-electron chi connectivity index (χ1n) is 6.73. The number of hydrogen-bond acceptors (Lipinski definition) is 5. The molecule has 2 unspecified atom stereocenters. The normalized spacial score (nSPS) is 15.0. The van der Waals surface area contributed by atoms with E-state index in [-0.39, 0.29) is 5.89 Å². The van der Waals surface area contributed by atoms with E-state index in [2.05, 4.69) is 10.1 Å². The standard InChI is InChI=1S/C14H15ClF3N3O2/c1-8(21(2)7-11(22)14(16,17)18)13-19-12(20-23-13)9-3-5-10(15)6-4-9/h3-6,8,11,22H,7H2,1-2H3. The average Bonchev–Trinajstić information content (AvgIpc) is 2.95. The molecule has 2 atom stereocenters. The van der Waals surface area contributed by atoms with Gasteiger partial charge in [0.2, 0.25) is 11.7 Å². The van der Waals surface area contributed by atoms with E-state index < -0.39 is 24.9 Å². The predicted octanol–water partition coefficient (Wildman–Crippen LogP) is 3.31. The Hall–Kier alpha value is -1.64. The molecule has 126 valence electrons. The van der Waals surface area contributed by atoms with Gasteiger partial charge in [-0.3, -0.25) is 4.90 Å². The van der Waals surface area contributed by atoms with Gasteiger partial charge >= 0.3 is 6.18 Å². The van der Waals surface area contributed by atoms with Crippen molar-refractivity contribution in [3.8, 4) is 11.4 Å². The lowest BCUT2D eigenvalue weighted by Gasteiger charge is -2.25. The van der Waals surface area contributed by atoms with Crippen molar-refractivity contribution in [2.75, 3.05) is 13.6 Å². The summed E-state index contributed by atoms with van der Waals surface area (Å²) in [7, 11) is 1.44. The van der Waals surface area contributed by atoms with Gasteiger partial charge in [0.15, 0.2) is 6.10 Å². The molecule has 2 aromatic rings. The number of aliphatic hydroxyl groups is 1. The van der Waals surface area contributed by atoms with Crippen LogP contribution < -0.4 is 0 Å². The number of benzene rings is 1. The lowest BCUT2D eigenvalue weighted by molar-refractivity contribution is -0.208. The molecule has 5 nitrogen and oxygen atoms in total. The summed E-state index contributed by atoms with van der Waals surface area (Å²) in [6.45, 7) is 1.02. The quantitative estimate of drug-likeness (QED) is 0.897. The van der Waals surface area contributed by atoms with Crippen molar-refractivity contribution in [3.05, 3.63) is 35.2 Å². The molecule has 1 aromatic heterocycles. The van der Waals surface area contributed by atoms with Gasteiger partial charge in [-0.25, -0.2) is 0 Å². The lowest BCUT2D eigenvalue weighted by Crippen LogP contribution is -2.40. The van der Waals surface area contributed by atoms with Crippen LogP contribution in [0.3, 0.4) is 0 Å². The summed E-state index contributed by atoms with van der Waals surface area (Å²) in [5, 5.41) is 13.5. The molecule has 0 amide bonds. The van der Waals surface area contributed by atoms with Crippen LogP contribution in [0.5, 0.6) is 0 Å². The molecule has 0 aliphatic rings. The Kier molecular flexibility index (Phi) is 5.28. The fraction of sp³-hybridized carbons (Fsp3) is 0.429. The van der Waals surface area contributed by atoms with Crippen LogP contribution in [0.15, 0.2) is 28.8 Å².